The highest BCUT2D eigenvalue weighted by molar-refractivity contribution is 7.14. The molecule has 2 rings (SSSR count). The maximum Gasteiger partial charge on any atom is 0.267 e. The second-order valence-electron chi connectivity index (χ2n) is 5.20. The lowest BCUT2D eigenvalue weighted by Crippen LogP contribution is -2.34. The first-order chi connectivity index (χ1) is 9.02. The van der Waals surface area contributed by atoms with Crippen LogP contribution < -0.4 is 4.74 Å². The first-order valence-electron chi connectivity index (χ1n) is 6.61. The van der Waals surface area contributed by atoms with E-state index in [2.05, 4.69) is 0 Å². The van der Waals surface area contributed by atoms with Crippen LogP contribution in [0.25, 0.3) is 0 Å². The van der Waals surface area contributed by atoms with Gasteiger partial charge in [0.25, 0.3) is 5.91 Å². The average molecular weight is 283 g/mol. The van der Waals surface area contributed by atoms with E-state index in [-0.39, 0.29) is 17.9 Å². The Balaban J connectivity index is 2.05. The van der Waals surface area contributed by atoms with Gasteiger partial charge in [-0.25, -0.2) is 0 Å². The first kappa shape index (κ1) is 14.3. The molecule has 1 amide bonds. The highest BCUT2D eigenvalue weighted by atomic mass is 32.1. The molecule has 4 nitrogen and oxygen atoms in total. The zero-order chi connectivity index (χ0) is 14.0. The molecule has 5 heteroatoms. The minimum absolute atomic E-state index is 0.0194. The number of aryl methyl sites for hydroxylation is 1. The summed E-state index contributed by atoms with van der Waals surface area (Å²) in [6.45, 7) is 2.57. The third-order valence-electron chi connectivity index (χ3n) is 3.71. The van der Waals surface area contributed by atoms with Gasteiger partial charge in [-0.05, 0) is 25.8 Å². The highest BCUT2D eigenvalue weighted by Gasteiger charge is 2.29. The van der Waals surface area contributed by atoms with E-state index in [4.69, 9.17) is 4.74 Å². The number of hydrogen-bond donors (Lipinski definition) is 1. The summed E-state index contributed by atoms with van der Waals surface area (Å²) in [6, 6.07) is 1.89. The van der Waals surface area contributed by atoms with E-state index >= 15 is 0 Å². The van der Waals surface area contributed by atoms with E-state index in [0.717, 1.165) is 24.1 Å². The molecular weight excluding hydrogens is 262 g/mol. The van der Waals surface area contributed by atoms with Crippen molar-refractivity contribution >= 4 is 17.2 Å². The van der Waals surface area contributed by atoms with E-state index in [1.165, 1.54) is 11.3 Å². The fraction of sp³-hybridized carbons (Fsp3) is 0.643. The van der Waals surface area contributed by atoms with Gasteiger partial charge in [0.05, 0.1) is 13.2 Å². The monoisotopic (exact) mass is 283 g/mol. The van der Waals surface area contributed by atoms with Crippen LogP contribution in [0.5, 0.6) is 5.75 Å². The number of thiophene rings is 1. The van der Waals surface area contributed by atoms with Crippen LogP contribution >= 0.6 is 11.3 Å². The normalized spacial score (nSPS) is 22.5. The zero-order valence-corrected chi connectivity index (χ0v) is 12.5. The fourth-order valence-electron chi connectivity index (χ4n) is 2.63. The minimum atomic E-state index is -0.262. The predicted molar refractivity (Wildman–Crippen MR) is 75.9 cm³/mol. The zero-order valence-electron chi connectivity index (χ0n) is 11.7. The molecule has 1 N–H and O–H groups in total. The van der Waals surface area contributed by atoms with Gasteiger partial charge < -0.3 is 14.7 Å². The number of ether oxygens (including phenoxy) is 1. The number of aliphatic hydroxyl groups is 1. The summed E-state index contributed by atoms with van der Waals surface area (Å²) < 4.78 is 5.24. The Bertz CT molecular complexity index is 458. The molecule has 1 saturated carbocycles. The van der Waals surface area contributed by atoms with Crippen LogP contribution in [0, 0.1) is 12.8 Å². The SMILES string of the molecule is COc1cc(C)sc1C(=O)N(C)CC1CCCC1O. The Labute approximate surface area is 118 Å². The van der Waals surface area contributed by atoms with E-state index in [1.807, 2.05) is 13.0 Å². The standard InChI is InChI=1S/C14H21NO3S/c1-9-7-12(18-3)13(19-9)14(17)15(2)8-10-5-4-6-11(10)16/h7,10-11,16H,4-6,8H2,1-3H3. The number of carbonyl (C=O) groups excluding carboxylic acids is 1. The molecule has 1 heterocycles. The van der Waals surface area contributed by atoms with Crippen molar-refractivity contribution < 1.29 is 14.6 Å². The molecule has 1 aliphatic rings. The number of hydrogen-bond acceptors (Lipinski definition) is 4. The molecule has 1 aromatic rings. The van der Waals surface area contributed by atoms with Gasteiger partial charge in [0.1, 0.15) is 10.6 Å². The molecule has 0 aromatic carbocycles. The van der Waals surface area contributed by atoms with E-state index in [9.17, 15) is 9.90 Å². The van der Waals surface area contributed by atoms with Crippen LogP contribution in [0.3, 0.4) is 0 Å². The summed E-state index contributed by atoms with van der Waals surface area (Å²) in [6.07, 6.45) is 2.64. The topological polar surface area (TPSA) is 49.8 Å². The van der Waals surface area contributed by atoms with Crippen molar-refractivity contribution in [3.8, 4) is 5.75 Å². The van der Waals surface area contributed by atoms with Crippen molar-refractivity contribution in [1.29, 1.82) is 0 Å². The second kappa shape index (κ2) is 5.92. The number of nitrogens with zero attached hydrogens (tertiary/aromatic N) is 1. The lowest BCUT2D eigenvalue weighted by atomic mass is 10.1. The maximum absolute atomic E-state index is 12.4. The van der Waals surface area contributed by atoms with E-state index in [1.54, 1.807) is 19.1 Å². The summed E-state index contributed by atoms with van der Waals surface area (Å²) in [5.74, 6) is 0.835. The van der Waals surface area contributed by atoms with Gasteiger partial charge in [0.2, 0.25) is 0 Å². The van der Waals surface area contributed by atoms with Gasteiger partial charge in [-0.15, -0.1) is 11.3 Å². The third-order valence-corrected chi connectivity index (χ3v) is 4.73. The maximum atomic E-state index is 12.4. The van der Waals surface area contributed by atoms with Crippen molar-refractivity contribution in [3.63, 3.8) is 0 Å². The summed E-state index contributed by atoms with van der Waals surface area (Å²) in [5.41, 5.74) is 0. The van der Waals surface area contributed by atoms with Crippen molar-refractivity contribution in [2.45, 2.75) is 32.3 Å². The van der Waals surface area contributed by atoms with Gasteiger partial charge in [0, 0.05) is 24.4 Å². The molecule has 2 atom stereocenters. The molecule has 106 valence electrons. The van der Waals surface area contributed by atoms with Crippen LogP contribution in [0.1, 0.15) is 33.8 Å². The molecule has 0 aliphatic heterocycles. The van der Waals surface area contributed by atoms with E-state index in [0.29, 0.717) is 17.2 Å². The first-order valence-corrected chi connectivity index (χ1v) is 7.42. The van der Waals surface area contributed by atoms with Gasteiger partial charge in [-0.1, -0.05) is 6.42 Å². The predicted octanol–water partition coefficient (Wildman–Crippen LogP) is 2.30. The fourth-order valence-corrected chi connectivity index (χ4v) is 3.60. The number of amides is 1. The molecule has 19 heavy (non-hydrogen) atoms. The Kier molecular flexibility index (Phi) is 4.47. The van der Waals surface area contributed by atoms with Crippen LogP contribution in [0.15, 0.2) is 6.07 Å². The molecule has 1 aliphatic carbocycles. The number of rotatable bonds is 4. The quantitative estimate of drug-likeness (QED) is 0.922. The summed E-state index contributed by atoms with van der Waals surface area (Å²) >= 11 is 1.46. The molecule has 1 aromatic heterocycles. The number of methoxy groups -OCH3 is 1. The van der Waals surface area contributed by atoms with E-state index < -0.39 is 0 Å². The van der Waals surface area contributed by atoms with Crippen molar-refractivity contribution in [1.82, 2.24) is 4.90 Å². The van der Waals surface area contributed by atoms with Crippen molar-refractivity contribution in [3.05, 3.63) is 15.8 Å². The molecule has 0 bridgehead atoms. The van der Waals surface area contributed by atoms with Crippen LogP contribution in [0.2, 0.25) is 0 Å². The smallest absolute Gasteiger partial charge is 0.267 e. The van der Waals surface area contributed by atoms with Gasteiger partial charge in [-0.3, -0.25) is 4.79 Å². The third kappa shape index (κ3) is 3.09. The van der Waals surface area contributed by atoms with Gasteiger partial charge >= 0.3 is 0 Å². The Morgan fingerprint density at radius 1 is 1.58 bits per heavy atom. The van der Waals surface area contributed by atoms with Crippen LogP contribution in [-0.4, -0.2) is 42.7 Å². The van der Waals surface area contributed by atoms with Gasteiger partial charge in [-0.2, -0.15) is 0 Å². The highest BCUT2D eigenvalue weighted by Crippen LogP contribution is 2.31. The van der Waals surface area contributed by atoms with Crippen LogP contribution in [0.4, 0.5) is 0 Å². The lowest BCUT2D eigenvalue weighted by molar-refractivity contribution is 0.0695. The Morgan fingerprint density at radius 2 is 2.32 bits per heavy atom. The Morgan fingerprint density at radius 3 is 2.89 bits per heavy atom. The Hall–Kier alpha value is -1.07. The van der Waals surface area contributed by atoms with Crippen molar-refractivity contribution in [2.75, 3.05) is 20.7 Å². The molecule has 0 spiro atoms. The molecular formula is C14H21NO3S. The summed E-state index contributed by atoms with van der Waals surface area (Å²) in [7, 11) is 3.38. The van der Waals surface area contributed by atoms with Gasteiger partial charge in [0.15, 0.2) is 0 Å². The lowest BCUT2D eigenvalue weighted by Gasteiger charge is -2.23. The summed E-state index contributed by atoms with van der Waals surface area (Å²) in [4.78, 5) is 15.8. The molecule has 1 fully saturated rings. The largest absolute Gasteiger partial charge is 0.495 e. The van der Waals surface area contributed by atoms with Crippen LogP contribution in [-0.2, 0) is 0 Å². The average Bonchev–Trinajstić information content (AvgIpc) is 2.95. The molecule has 2 unspecified atom stereocenters. The molecule has 0 saturated heterocycles. The number of aliphatic hydroxyl groups excluding tert-OH is 1. The number of carbonyl (C=O) groups is 1. The minimum Gasteiger partial charge on any atom is -0.495 e. The summed E-state index contributed by atoms with van der Waals surface area (Å²) in [5, 5.41) is 9.84. The molecule has 0 radical (unpaired) electrons. The second-order valence-corrected chi connectivity index (χ2v) is 6.45. The van der Waals surface area contributed by atoms with Crippen molar-refractivity contribution in [2.24, 2.45) is 5.92 Å².